The molecule has 0 unspecified atom stereocenters. The van der Waals surface area contributed by atoms with E-state index in [1.165, 1.54) is 0 Å². The number of imidazole rings is 1. The van der Waals surface area contributed by atoms with E-state index in [1.807, 2.05) is 37.3 Å². The average Bonchev–Trinajstić information content (AvgIpc) is 3.04. The third-order valence-electron chi connectivity index (χ3n) is 4.76. The molecule has 0 aliphatic carbocycles. The van der Waals surface area contributed by atoms with Crippen molar-refractivity contribution in [2.45, 2.75) is 19.9 Å². The lowest BCUT2D eigenvalue weighted by molar-refractivity contribution is 0.142. The number of aromatic amines is 1. The number of aryl methyl sites for hydroxylation is 1. The molecule has 0 fully saturated rings. The minimum Gasteiger partial charge on any atom is -0.497 e. The third-order valence-corrected chi connectivity index (χ3v) is 5.08. The first-order valence-corrected chi connectivity index (χ1v) is 9.96. The second-order valence-corrected chi connectivity index (χ2v) is 6.98. The predicted molar refractivity (Wildman–Crippen MR) is 118 cm³/mol. The summed E-state index contributed by atoms with van der Waals surface area (Å²) < 4.78 is 13.5. The van der Waals surface area contributed by atoms with Gasteiger partial charge in [-0.05, 0) is 62.0 Å². The van der Waals surface area contributed by atoms with Gasteiger partial charge in [0.25, 0.3) is 0 Å². The number of H-pyrrole nitrogens is 1. The van der Waals surface area contributed by atoms with E-state index >= 15 is 0 Å². The van der Waals surface area contributed by atoms with E-state index in [0.717, 1.165) is 65.4 Å². The number of methoxy groups -OCH3 is 1. The summed E-state index contributed by atoms with van der Waals surface area (Å²) in [7, 11) is 1.65. The topological polar surface area (TPSA) is 77.0 Å². The van der Waals surface area contributed by atoms with Gasteiger partial charge in [-0.25, -0.2) is 9.97 Å². The largest absolute Gasteiger partial charge is 0.497 e. The molecule has 0 aliphatic heterocycles. The maximum Gasteiger partial charge on any atom is 0.178 e. The van der Waals surface area contributed by atoms with Crippen molar-refractivity contribution in [3.05, 3.63) is 47.5 Å². The van der Waals surface area contributed by atoms with Gasteiger partial charge in [-0.3, -0.25) is 0 Å². The molecular weight excluding hydrogens is 386 g/mol. The molecule has 0 saturated carbocycles. The summed E-state index contributed by atoms with van der Waals surface area (Å²) in [6.45, 7) is 4.24. The Morgan fingerprint density at radius 3 is 2.76 bits per heavy atom. The zero-order valence-corrected chi connectivity index (χ0v) is 17.3. The number of benzene rings is 2. The molecule has 2 aromatic heterocycles. The fourth-order valence-corrected chi connectivity index (χ4v) is 3.61. The normalized spacial score (nSPS) is 11.2. The van der Waals surface area contributed by atoms with Gasteiger partial charge in [0, 0.05) is 30.8 Å². The molecule has 2 N–H and O–H groups in total. The highest BCUT2D eigenvalue weighted by Crippen LogP contribution is 2.28. The highest BCUT2D eigenvalue weighted by molar-refractivity contribution is 7.71. The molecule has 4 aromatic rings. The summed E-state index contributed by atoms with van der Waals surface area (Å²) in [6, 6.07) is 11.8. The number of anilines is 2. The van der Waals surface area contributed by atoms with Crippen LogP contribution in [0.3, 0.4) is 0 Å². The molecule has 7 nitrogen and oxygen atoms in total. The number of aromatic nitrogens is 4. The van der Waals surface area contributed by atoms with Gasteiger partial charge in [-0.1, -0.05) is 0 Å². The van der Waals surface area contributed by atoms with Crippen molar-refractivity contribution in [3.63, 3.8) is 0 Å². The molecule has 29 heavy (non-hydrogen) atoms. The van der Waals surface area contributed by atoms with Crippen molar-refractivity contribution in [3.8, 4) is 5.75 Å². The van der Waals surface area contributed by atoms with Crippen LogP contribution in [0.4, 0.5) is 11.5 Å². The van der Waals surface area contributed by atoms with Crippen molar-refractivity contribution in [1.29, 1.82) is 0 Å². The van der Waals surface area contributed by atoms with Crippen LogP contribution in [0.5, 0.6) is 5.75 Å². The Hall–Kier alpha value is -2.97. The van der Waals surface area contributed by atoms with Gasteiger partial charge in [0.2, 0.25) is 0 Å². The van der Waals surface area contributed by atoms with Crippen LogP contribution in [0.1, 0.15) is 13.3 Å². The molecule has 0 aliphatic rings. The molecule has 0 amide bonds. The van der Waals surface area contributed by atoms with E-state index in [-0.39, 0.29) is 0 Å². The van der Waals surface area contributed by atoms with Crippen LogP contribution in [-0.4, -0.2) is 39.8 Å². The van der Waals surface area contributed by atoms with Gasteiger partial charge in [-0.2, -0.15) is 0 Å². The molecule has 2 heterocycles. The van der Waals surface area contributed by atoms with E-state index in [1.54, 1.807) is 13.4 Å². The molecule has 2 aromatic carbocycles. The first kappa shape index (κ1) is 19.4. The second kappa shape index (κ2) is 8.59. The second-order valence-electron chi connectivity index (χ2n) is 6.59. The quantitative estimate of drug-likeness (QED) is 0.321. The maximum absolute atomic E-state index is 5.53. The third kappa shape index (κ3) is 4.08. The highest BCUT2D eigenvalue weighted by atomic mass is 32.1. The average molecular weight is 410 g/mol. The number of nitrogens with zero attached hydrogens (tertiary/aromatic N) is 3. The fourth-order valence-electron chi connectivity index (χ4n) is 3.31. The SMILES string of the molecule is CCOCCCn1c(=S)[nH]c2cc3c(Nc4ccc(OC)cc4)ncnc3cc21. The highest BCUT2D eigenvalue weighted by Gasteiger charge is 2.11. The van der Waals surface area contributed by atoms with Gasteiger partial charge in [0.1, 0.15) is 17.9 Å². The van der Waals surface area contributed by atoms with Gasteiger partial charge < -0.3 is 24.3 Å². The molecule has 0 atom stereocenters. The minimum absolute atomic E-state index is 0.699. The number of rotatable bonds is 8. The van der Waals surface area contributed by atoms with E-state index in [2.05, 4.69) is 30.9 Å². The summed E-state index contributed by atoms with van der Waals surface area (Å²) in [5.41, 5.74) is 3.78. The van der Waals surface area contributed by atoms with E-state index in [0.29, 0.717) is 4.77 Å². The van der Waals surface area contributed by atoms with Crippen LogP contribution in [0.2, 0.25) is 0 Å². The fraction of sp³-hybridized carbons (Fsp3) is 0.286. The van der Waals surface area contributed by atoms with Crippen molar-refractivity contribution < 1.29 is 9.47 Å². The zero-order chi connectivity index (χ0) is 20.2. The molecule has 150 valence electrons. The molecule has 8 heteroatoms. The van der Waals surface area contributed by atoms with Gasteiger partial charge in [-0.15, -0.1) is 0 Å². The lowest BCUT2D eigenvalue weighted by atomic mass is 10.2. The van der Waals surface area contributed by atoms with Crippen LogP contribution >= 0.6 is 12.2 Å². The number of hydrogen-bond acceptors (Lipinski definition) is 6. The summed E-state index contributed by atoms with van der Waals surface area (Å²) in [5.74, 6) is 1.55. The first-order chi connectivity index (χ1) is 14.2. The summed E-state index contributed by atoms with van der Waals surface area (Å²) in [4.78, 5) is 12.2. The summed E-state index contributed by atoms with van der Waals surface area (Å²) >= 11 is 5.53. The van der Waals surface area contributed by atoms with Crippen LogP contribution < -0.4 is 10.1 Å². The zero-order valence-electron chi connectivity index (χ0n) is 16.4. The summed E-state index contributed by atoms with van der Waals surface area (Å²) in [5, 5.41) is 4.29. The van der Waals surface area contributed by atoms with Crippen LogP contribution in [0.25, 0.3) is 21.9 Å². The lowest BCUT2D eigenvalue weighted by Crippen LogP contribution is -2.03. The van der Waals surface area contributed by atoms with Crippen LogP contribution in [-0.2, 0) is 11.3 Å². The van der Waals surface area contributed by atoms with E-state index in [9.17, 15) is 0 Å². The van der Waals surface area contributed by atoms with Gasteiger partial charge >= 0.3 is 0 Å². The lowest BCUT2D eigenvalue weighted by Gasteiger charge is -2.10. The smallest absolute Gasteiger partial charge is 0.178 e. The summed E-state index contributed by atoms with van der Waals surface area (Å²) in [6.07, 6.45) is 2.47. The molecule has 0 bridgehead atoms. The van der Waals surface area contributed by atoms with Crippen LogP contribution in [0.15, 0.2) is 42.7 Å². The first-order valence-electron chi connectivity index (χ1n) is 9.55. The van der Waals surface area contributed by atoms with Crippen molar-refractivity contribution in [1.82, 2.24) is 19.5 Å². The number of hydrogen-bond donors (Lipinski definition) is 2. The molecule has 0 spiro atoms. The molecule has 4 rings (SSSR count). The standard InChI is InChI=1S/C21H23N5O2S/c1-3-28-10-4-9-26-19-12-17-16(11-18(19)25-21(26)29)20(23-13-22-17)24-14-5-7-15(27-2)8-6-14/h5-8,11-13H,3-4,9-10H2,1-2H3,(H,25,29)(H,22,23,24). The van der Waals surface area contributed by atoms with E-state index in [4.69, 9.17) is 21.7 Å². The Morgan fingerprint density at radius 1 is 1.17 bits per heavy atom. The Kier molecular flexibility index (Phi) is 5.73. The molecule has 0 radical (unpaired) electrons. The molecular formula is C21H23N5O2S. The maximum atomic E-state index is 5.53. The Bertz CT molecular complexity index is 1180. The van der Waals surface area contributed by atoms with E-state index < -0.39 is 0 Å². The van der Waals surface area contributed by atoms with Crippen molar-refractivity contribution in [2.75, 3.05) is 25.6 Å². The number of nitrogens with one attached hydrogen (secondary N) is 2. The van der Waals surface area contributed by atoms with Gasteiger partial charge in [0.15, 0.2) is 4.77 Å². The number of fused-ring (bicyclic) bond motifs is 2. The Balaban J connectivity index is 1.69. The minimum atomic E-state index is 0.699. The van der Waals surface area contributed by atoms with Crippen molar-refractivity contribution >= 4 is 45.7 Å². The van der Waals surface area contributed by atoms with Crippen molar-refractivity contribution in [2.24, 2.45) is 0 Å². The Labute approximate surface area is 173 Å². The predicted octanol–water partition coefficient (Wildman–Crippen LogP) is 4.82. The molecule has 0 saturated heterocycles. The van der Waals surface area contributed by atoms with Gasteiger partial charge in [0.05, 0.1) is 23.7 Å². The van der Waals surface area contributed by atoms with Crippen LogP contribution in [0, 0.1) is 4.77 Å². The monoisotopic (exact) mass is 409 g/mol. The number of ether oxygens (including phenoxy) is 2. The Morgan fingerprint density at radius 2 is 2.00 bits per heavy atom.